The largest absolute Gasteiger partial charge is 0.310 e. The minimum absolute atomic E-state index is 0.0146. The van der Waals surface area contributed by atoms with Gasteiger partial charge in [-0.05, 0) is 145 Å². The minimum atomic E-state index is -0.0146. The Morgan fingerprint density at radius 2 is 0.690 bits per heavy atom. The molecule has 0 bridgehead atoms. The molecule has 0 atom stereocenters. The van der Waals surface area contributed by atoms with Gasteiger partial charge in [0.15, 0.2) is 0 Å². The van der Waals surface area contributed by atoms with Gasteiger partial charge in [0, 0.05) is 16.9 Å². The van der Waals surface area contributed by atoms with Gasteiger partial charge in [-0.25, -0.2) is 0 Å². The lowest BCUT2D eigenvalue weighted by Crippen LogP contribution is -2.16. The van der Waals surface area contributed by atoms with Crippen molar-refractivity contribution in [1.82, 2.24) is 0 Å². The highest BCUT2D eigenvalue weighted by Gasteiger charge is 2.24. The van der Waals surface area contributed by atoms with Crippen LogP contribution in [0.4, 0.5) is 17.1 Å². The van der Waals surface area contributed by atoms with E-state index in [2.05, 4.69) is 283 Å². The quantitative estimate of drug-likeness (QED) is 0.144. The van der Waals surface area contributed by atoms with E-state index in [9.17, 15) is 0 Å². The molecule has 0 amide bonds. The van der Waals surface area contributed by atoms with Crippen LogP contribution in [0.15, 0.2) is 237 Å². The minimum Gasteiger partial charge on any atom is -0.310 e. The molecule has 12 aromatic carbocycles. The van der Waals surface area contributed by atoms with Crippen LogP contribution in [0, 0.1) is 0 Å². The maximum atomic E-state index is 2.49. The van der Waals surface area contributed by atoms with Crippen molar-refractivity contribution in [1.29, 1.82) is 0 Å². The Labute approximate surface area is 418 Å². The summed E-state index contributed by atoms with van der Waals surface area (Å²) in [5, 5.41) is 12.5. The van der Waals surface area contributed by atoms with Crippen LogP contribution in [0.3, 0.4) is 0 Å². The van der Waals surface area contributed by atoms with Gasteiger partial charge in [0.2, 0.25) is 0 Å². The molecule has 0 fully saturated rings. The highest BCUT2D eigenvalue weighted by molar-refractivity contribution is 6.14. The zero-order valence-corrected chi connectivity index (χ0v) is 41.5. The summed E-state index contributed by atoms with van der Waals surface area (Å²) in [6.07, 6.45) is 0. The SMILES string of the molecule is CC(C)(C)c1cc(-c2cccc3cccc(-c4ccccc4N(c4cccc(-c5cccc6c5ccc5ccccc56)c4)c4cccc(-c5cccc6c5ccc5ccccc56)c4)c23)cc(C(C)(C)C)c1. The third-order valence-corrected chi connectivity index (χ3v) is 14.7. The van der Waals surface area contributed by atoms with Gasteiger partial charge in [-0.3, -0.25) is 0 Å². The van der Waals surface area contributed by atoms with E-state index in [-0.39, 0.29) is 10.8 Å². The molecule has 12 rings (SSSR count). The molecular weight excluding hydrogens is 855 g/mol. The number of hydrogen-bond donors (Lipinski definition) is 0. The number of nitrogens with zero attached hydrogens (tertiary/aromatic N) is 1. The molecule has 0 N–H and O–H groups in total. The second-order valence-corrected chi connectivity index (χ2v) is 21.3. The van der Waals surface area contributed by atoms with E-state index < -0.39 is 0 Å². The second-order valence-electron chi connectivity index (χ2n) is 21.3. The van der Waals surface area contributed by atoms with Crippen LogP contribution >= 0.6 is 0 Å². The van der Waals surface area contributed by atoms with Crippen molar-refractivity contribution >= 4 is 70.9 Å². The lowest BCUT2D eigenvalue weighted by molar-refractivity contribution is 0.569. The Hall–Kier alpha value is -8.26. The fraction of sp³-hybridized carbons (Fsp3) is 0.114. The molecule has 12 aromatic rings. The lowest BCUT2D eigenvalue weighted by Gasteiger charge is -2.29. The second kappa shape index (κ2) is 17.3. The number of anilines is 3. The van der Waals surface area contributed by atoms with Crippen molar-refractivity contribution in [3.05, 3.63) is 248 Å². The molecule has 0 aromatic heterocycles. The van der Waals surface area contributed by atoms with Crippen molar-refractivity contribution < 1.29 is 0 Å². The van der Waals surface area contributed by atoms with E-state index in [1.165, 1.54) is 104 Å². The zero-order valence-electron chi connectivity index (χ0n) is 41.5. The smallest absolute Gasteiger partial charge is 0.0540 e. The molecule has 0 aliphatic rings. The maximum absolute atomic E-state index is 2.49. The predicted molar refractivity (Wildman–Crippen MR) is 308 cm³/mol. The van der Waals surface area contributed by atoms with Crippen molar-refractivity contribution in [2.45, 2.75) is 52.4 Å². The van der Waals surface area contributed by atoms with Crippen molar-refractivity contribution in [3.8, 4) is 44.5 Å². The maximum Gasteiger partial charge on any atom is 0.0540 e. The van der Waals surface area contributed by atoms with Gasteiger partial charge in [-0.1, -0.05) is 248 Å². The number of benzene rings is 12. The van der Waals surface area contributed by atoms with Gasteiger partial charge in [0.05, 0.1) is 5.69 Å². The van der Waals surface area contributed by atoms with Crippen molar-refractivity contribution in [2.24, 2.45) is 0 Å². The highest BCUT2D eigenvalue weighted by atomic mass is 15.1. The molecule has 0 saturated carbocycles. The van der Waals surface area contributed by atoms with E-state index in [4.69, 9.17) is 0 Å². The van der Waals surface area contributed by atoms with Crippen LogP contribution in [0.5, 0.6) is 0 Å². The Morgan fingerprint density at radius 1 is 0.268 bits per heavy atom. The Bertz CT molecular complexity index is 3830. The Morgan fingerprint density at radius 3 is 1.24 bits per heavy atom. The summed E-state index contributed by atoms with van der Waals surface area (Å²) in [6, 6.07) is 88.3. The third-order valence-electron chi connectivity index (χ3n) is 14.7. The zero-order chi connectivity index (χ0) is 48.4. The van der Waals surface area contributed by atoms with Gasteiger partial charge >= 0.3 is 0 Å². The highest BCUT2D eigenvalue weighted by Crippen LogP contribution is 2.47. The molecule has 0 aliphatic carbocycles. The molecule has 71 heavy (non-hydrogen) atoms. The molecule has 0 unspecified atom stereocenters. The van der Waals surface area contributed by atoms with E-state index in [0.717, 1.165) is 22.6 Å². The Balaban J connectivity index is 1.09. The van der Waals surface area contributed by atoms with Crippen molar-refractivity contribution in [2.75, 3.05) is 4.90 Å². The molecule has 1 nitrogen and oxygen atoms in total. The monoisotopic (exact) mass is 911 g/mol. The van der Waals surface area contributed by atoms with Crippen LogP contribution in [-0.4, -0.2) is 0 Å². The number of para-hydroxylation sites is 1. The van der Waals surface area contributed by atoms with E-state index in [1.54, 1.807) is 0 Å². The fourth-order valence-electron chi connectivity index (χ4n) is 11.0. The fourth-order valence-corrected chi connectivity index (χ4v) is 11.0. The summed E-state index contributed by atoms with van der Waals surface area (Å²) >= 11 is 0. The first kappa shape index (κ1) is 44.0. The summed E-state index contributed by atoms with van der Waals surface area (Å²) in [5.41, 5.74) is 15.6. The summed E-state index contributed by atoms with van der Waals surface area (Å²) in [6.45, 7) is 14.0. The van der Waals surface area contributed by atoms with Gasteiger partial charge in [-0.15, -0.1) is 0 Å². The molecule has 0 spiro atoms. The first-order valence-electron chi connectivity index (χ1n) is 25.1. The average Bonchev–Trinajstić information content (AvgIpc) is 3.40. The molecule has 0 aliphatic heterocycles. The first-order chi connectivity index (χ1) is 34.5. The normalized spacial score (nSPS) is 12.1. The lowest BCUT2D eigenvalue weighted by atomic mass is 9.78. The van der Waals surface area contributed by atoms with Gasteiger partial charge < -0.3 is 4.90 Å². The molecule has 0 saturated heterocycles. The van der Waals surface area contributed by atoms with Gasteiger partial charge in [-0.2, -0.15) is 0 Å². The van der Waals surface area contributed by atoms with Crippen LogP contribution in [0.1, 0.15) is 52.7 Å². The van der Waals surface area contributed by atoms with E-state index >= 15 is 0 Å². The van der Waals surface area contributed by atoms with E-state index in [1.807, 2.05) is 0 Å². The van der Waals surface area contributed by atoms with Crippen molar-refractivity contribution in [3.63, 3.8) is 0 Å². The summed E-state index contributed by atoms with van der Waals surface area (Å²) in [7, 11) is 0. The summed E-state index contributed by atoms with van der Waals surface area (Å²) in [5.74, 6) is 0. The van der Waals surface area contributed by atoms with Gasteiger partial charge in [0.1, 0.15) is 0 Å². The number of hydrogen-bond acceptors (Lipinski definition) is 1. The van der Waals surface area contributed by atoms with Gasteiger partial charge in [0.25, 0.3) is 0 Å². The molecule has 342 valence electrons. The average molecular weight is 912 g/mol. The van der Waals surface area contributed by atoms with E-state index in [0.29, 0.717) is 0 Å². The number of rotatable bonds is 7. The summed E-state index contributed by atoms with van der Waals surface area (Å²) in [4.78, 5) is 2.49. The van der Waals surface area contributed by atoms with Crippen LogP contribution < -0.4 is 4.90 Å². The molecule has 0 radical (unpaired) electrons. The standard InChI is InChI=1S/C70H57N/c1-69(2,3)52-41-51(42-53(45-52)70(4,5)6)60-32-15-21-48-22-16-35-66(68(48)60)65-29-11-12-36-67(65)71(54-25-13-23-49(43-54)58-30-17-33-61-56-27-9-7-19-46(56)37-39-63(58)61)55-26-14-24-50(44-55)59-31-18-34-62-57-28-10-8-20-47(57)38-40-64(59)62/h7-45H,1-6H3. The van der Waals surface area contributed by atoms with Crippen LogP contribution in [0.2, 0.25) is 0 Å². The third kappa shape index (κ3) is 7.93. The topological polar surface area (TPSA) is 3.24 Å². The van der Waals surface area contributed by atoms with Crippen LogP contribution in [-0.2, 0) is 10.8 Å². The summed E-state index contributed by atoms with van der Waals surface area (Å²) < 4.78 is 0. The van der Waals surface area contributed by atoms with Crippen LogP contribution in [0.25, 0.3) is 98.4 Å². The number of fused-ring (bicyclic) bond motifs is 7. The first-order valence-corrected chi connectivity index (χ1v) is 25.1. The molecule has 0 heterocycles. The molecular formula is C70H57N. The molecule has 1 heteroatoms. The Kier molecular flexibility index (Phi) is 10.7. The predicted octanol–water partition coefficient (Wildman–Crippen LogP) is 20.2.